The summed E-state index contributed by atoms with van der Waals surface area (Å²) in [4.78, 5) is 36.4. The molecule has 0 aromatic rings. The Labute approximate surface area is 267 Å². The van der Waals surface area contributed by atoms with E-state index in [0.29, 0.717) is 18.4 Å². The van der Waals surface area contributed by atoms with E-state index < -0.39 is 6.10 Å². The Morgan fingerprint density at radius 1 is 0.773 bits per heavy atom. The van der Waals surface area contributed by atoms with Gasteiger partial charge in [0.1, 0.15) is 18.0 Å². The molecule has 0 radical (unpaired) electrons. The third-order valence-electron chi connectivity index (χ3n) is 9.70. The van der Waals surface area contributed by atoms with Crippen LogP contribution in [-0.2, 0) is 28.6 Å². The number of rotatable bonds is 25. The molecule has 0 aromatic carbocycles. The van der Waals surface area contributed by atoms with Crippen LogP contribution in [0.5, 0.6) is 0 Å². The highest BCUT2D eigenvalue weighted by molar-refractivity contribution is 5.97. The van der Waals surface area contributed by atoms with Crippen molar-refractivity contribution < 1.29 is 33.7 Å². The lowest BCUT2D eigenvalue weighted by atomic mass is 10.0. The molecule has 0 unspecified atom stereocenters. The molecule has 1 N–H and O–H groups in total. The number of hydrogen-bond donors (Lipinski definition) is 1. The fraction of sp³-hybridized carbons (Fsp3) is 0.865. The fourth-order valence-corrected chi connectivity index (χ4v) is 7.00. The average molecular weight is 619 g/mol. The molecular weight excluding hydrogens is 556 g/mol. The van der Waals surface area contributed by atoms with Crippen LogP contribution in [0.25, 0.3) is 0 Å². The molecule has 7 heteroatoms. The summed E-state index contributed by atoms with van der Waals surface area (Å²) in [6.07, 6.45) is 24.9. The molecular formula is C37H62O7. The van der Waals surface area contributed by atoms with Crippen molar-refractivity contribution in [3.05, 3.63) is 11.6 Å². The summed E-state index contributed by atoms with van der Waals surface area (Å²) in [6, 6.07) is 0. The zero-order valence-electron chi connectivity index (χ0n) is 27.9. The van der Waals surface area contributed by atoms with Gasteiger partial charge in [0.15, 0.2) is 5.78 Å². The Morgan fingerprint density at radius 3 is 1.98 bits per heavy atom. The molecule has 3 rings (SSSR count). The fourth-order valence-electron chi connectivity index (χ4n) is 7.00. The van der Waals surface area contributed by atoms with E-state index in [1.165, 1.54) is 57.8 Å². The Hall–Kier alpha value is -1.57. The van der Waals surface area contributed by atoms with Crippen LogP contribution in [0.4, 0.5) is 0 Å². The van der Waals surface area contributed by atoms with Crippen LogP contribution >= 0.6 is 0 Å². The van der Waals surface area contributed by atoms with Gasteiger partial charge in [-0.15, -0.1) is 0 Å². The second kappa shape index (κ2) is 21.3. The first-order valence-corrected chi connectivity index (χ1v) is 18.3. The van der Waals surface area contributed by atoms with Gasteiger partial charge in [-0.3, -0.25) is 9.59 Å². The van der Waals surface area contributed by atoms with Gasteiger partial charge < -0.3 is 19.3 Å². The highest BCUT2D eigenvalue weighted by atomic mass is 16.6. The predicted octanol–water partition coefficient (Wildman–Crippen LogP) is 8.27. The maximum absolute atomic E-state index is 12.7. The van der Waals surface area contributed by atoms with E-state index in [9.17, 15) is 19.5 Å². The molecule has 0 spiro atoms. The maximum atomic E-state index is 12.7. The number of esters is 1. The van der Waals surface area contributed by atoms with Crippen molar-refractivity contribution in [1.82, 2.24) is 0 Å². The number of aliphatic hydroxyl groups excluding tert-OH is 1. The first kappa shape index (κ1) is 36.9. The van der Waals surface area contributed by atoms with Gasteiger partial charge in [0.2, 0.25) is 0 Å². The normalized spacial score (nSPS) is 25.8. The summed E-state index contributed by atoms with van der Waals surface area (Å²) in [6.45, 7) is 4.05. The molecule has 2 fully saturated rings. The molecule has 0 saturated carbocycles. The summed E-state index contributed by atoms with van der Waals surface area (Å²) in [7, 11) is 0. The molecule has 0 aliphatic carbocycles. The minimum atomic E-state index is -0.427. The Morgan fingerprint density at radius 2 is 1.34 bits per heavy atom. The predicted molar refractivity (Wildman–Crippen MR) is 173 cm³/mol. The van der Waals surface area contributed by atoms with E-state index in [4.69, 9.17) is 14.2 Å². The molecule has 44 heavy (non-hydrogen) atoms. The van der Waals surface area contributed by atoms with Crippen molar-refractivity contribution in [2.24, 2.45) is 0 Å². The second-order valence-electron chi connectivity index (χ2n) is 13.7. The van der Waals surface area contributed by atoms with Gasteiger partial charge in [-0.05, 0) is 57.9 Å². The van der Waals surface area contributed by atoms with Crippen LogP contribution in [0.1, 0.15) is 168 Å². The minimum absolute atomic E-state index is 0.00543. The van der Waals surface area contributed by atoms with E-state index in [1.807, 2.05) is 6.92 Å². The standard InChI is InChI=1S/C37H62O7/c1-3-4-5-6-7-11-14-17-20-31(39)33-22-24-35(43-33)36-25-23-34(44-36)32(40)21-18-15-12-9-8-10-13-16-19-30(38)27-29-26-28(2)42-37(29)41/h26,28,32-36,40H,3-25,27H2,1-2H3/t28-,32+,33+,34+,35-,36-/m0/s1. The Bertz CT molecular complexity index is 883. The van der Waals surface area contributed by atoms with Crippen LogP contribution in [0.2, 0.25) is 0 Å². The Kier molecular flexibility index (Phi) is 17.8. The average Bonchev–Trinajstić information content (AvgIpc) is 3.75. The molecule has 0 aromatic heterocycles. The lowest BCUT2D eigenvalue weighted by Crippen LogP contribution is -2.32. The SMILES string of the molecule is CCCCCCCCCCC(=O)[C@H]1CC[C@@H]([C@@H]2CC[C@H]([C@H](O)CCCCCCCCCCC(=O)CC3=C[C@H](C)OC3=O)O2)O1. The van der Waals surface area contributed by atoms with E-state index in [2.05, 4.69) is 6.92 Å². The molecule has 2 saturated heterocycles. The van der Waals surface area contributed by atoms with Crippen LogP contribution in [-0.4, -0.2) is 59.3 Å². The monoisotopic (exact) mass is 618 g/mol. The number of carbonyl (C=O) groups is 3. The van der Waals surface area contributed by atoms with Crippen molar-refractivity contribution in [2.45, 2.75) is 205 Å². The van der Waals surface area contributed by atoms with E-state index in [0.717, 1.165) is 77.0 Å². The number of aliphatic hydroxyl groups is 1. The zero-order chi connectivity index (χ0) is 31.6. The summed E-state index contributed by atoms with van der Waals surface area (Å²) < 4.78 is 17.5. The lowest BCUT2D eigenvalue weighted by Gasteiger charge is -2.22. The van der Waals surface area contributed by atoms with Crippen molar-refractivity contribution in [1.29, 1.82) is 0 Å². The van der Waals surface area contributed by atoms with Crippen LogP contribution in [0, 0.1) is 0 Å². The summed E-state index contributed by atoms with van der Waals surface area (Å²) in [5.74, 6) is 0.0430. The van der Waals surface area contributed by atoms with Crippen LogP contribution in [0.15, 0.2) is 11.6 Å². The van der Waals surface area contributed by atoms with E-state index >= 15 is 0 Å². The van der Waals surface area contributed by atoms with Gasteiger partial charge in [0, 0.05) is 24.8 Å². The Balaban J connectivity index is 1.13. The highest BCUT2D eigenvalue weighted by Gasteiger charge is 2.40. The maximum Gasteiger partial charge on any atom is 0.334 e. The summed E-state index contributed by atoms with van der Waals surface area (Å²) in [5.41, 5.74) is 0.514. The van der Waals surface area contributed by atoms with Gasteiger partial charge in [0.25, 0.3) is 0 Å². The number of unbranched alkanes of at least 4 members (excludes halogenated alkanes) is 14. The number of cyclic esters (lactones) is 1. The van der Waals surface area contributed by atoms with Crippen LogP contribution in [0.3, 0.4) is 0 Å². The molecule has 3 heterocycles. The third-order valence-corrected chi connectivity index (χ3v) is 9.70. The van der Waals surface area contributed by atoms with E-state index in [1.54, 1.807) is 6.08 Å². The van der Waals surface area contributed by atoms with Gasteiger partial charge >= 0.3 is 5.97 Å². The number of carbonyl (C=O) groups excluding carboxylic acids is 3. The second-order valence-corrected chi connectivity index (χ2v) is 13.7. The molecule has 0 amide bonds. The number of ether oxygens (including phenoxy) is 3. The quantitative estimate of drug-likeness (QED) is 0.0812. The number of ketones is 2. The molecule has 3 aliphatic rings. The highest BCUT2D eigenvalue weighted by Crippen LogP contribution is 2.34. The largest absolute Gasteiger partial charge is 0.455 e. The number of Topliss-reactive ketones (excluding diaryl/α,β-unsaturated/α-hetero) is 2. The number of hydrogen-bond acceptors (Lipinski definition) is 7. The van der Waals surface area contributed by atoms with Gasteiger partial charge in [-0.1, -0.05) is 96.8 Å². The topological polar surface area (TPSA) is 99.1 Å². The minimum Gasteiger partial charge on any atom is -0.455 e. The van der Waals surface area contributed by atoms with Crippen molar-refractivity contribution in [3.8, 4) is 0 Å². The summed E-state index contributed by atoms with van der Waals surface area (Å²) in [5, 5.41) is 10.7. The van der Waals surface area contributed by atoms with Crippen molar-refractivity contribution in [3.63, 3.8) is 0 Å². The van der Waals surface area contributed by atoms with E-state index in [-0.39, 0.29) is 54.5 Å². The van der Waals surface area contributed by atoms with Gasteiger partial charge in [0.05, 0.1) is 24.4 Å². The molecule has 6 atom stereocenters. The lowest BCUT2D eigenvalue weighted by molar-refractivity contribution is -0.139. The first-order chi connectivity index (χ1) is 21.4. The first-order valence-electron chi connectivity index (χ1n) is 18.3. The van der Waals surface area contributed by atoms with Gasteiger partial charge in [-0.2, -0.15) is 0 Å². The smallest absolute Gasteiger partial charge is 0.334 e. The van der Waals surface area contributed by atoms with Crippen molar-refractivity contribution in [2.75, 3.05) is 0 Å². The zero-order valence-corrected chi connectivity index (χ0v) is 27.9. The van der Waals surface area contributed by atoms with Gasteiger partial charge in [-0.25, -0.2) is 4.79 Å². The molecule has 252 valence electrons. The summed E-state index contributed by atoms with van der Waals surface area (Å²) >= 11 is 0. The molecule has 7 nitrogen and oxygen atoms in total. The van der Waals surface area contributed by atoms with Crippen LogP contribution < -0.4 is 0 Å². The molecule has 3 aliphatic heterocycles. The third kappa shape index (κ3) is 13.8. The van der Waals surface area contributed by atoms with Crippen molar-refractivity contribution >= 4 is 17.5 Å². The molecule has 0 bridgehead atoms.